The Bertz CT molecular complexity index is 395. The number of nitrogens with zero attached hydrogens (tertiary/aromatic N) is 2. The fourth-order valence-corrected chi connectivity index (χ4v) is 3.90. The molecule has 3 saturated heterocycles. The van der Waals surface area contributed by atoms with Gasteiger partial charge >= 0.3 is 0 Å². The van der Waals surface area contributed by atoms with Crippen molar-refractivity contribution >= 4 is 10.0 Å². The molecule has 98 valence electrons. The molecule has 3 fully saturated rings. The Morgan fingerprint density at radius 2 is 2.00 bits per heavy atom. The molecule has 0 aromatic rings. The second kappa shape index (κ2) is 4.17. The molecule has 0 saturated carbocycles. The molecule has 3 aliphatic rings. The molecular weight excluding hydrogens is 244 g/mol. The van der Waals surface area contributed by atoms with Crippen molar-refractivity contribution in [3.8, 4) is 0 Å². The van der Waals surface area contributed by atoms with Gasteiger partial charge in [0.15, 0.2) is 0 Å². The van der Waals surface area contributed by atoms with E-state index in [2.05, 4.69) is 4.90 Å². The first kappa shape index (κ1) is 11.9. The van der Waals surface area contributed by atoms with Gasteiger partial charge in [-0.05, 0) is 0 Å². The molecule has 3 aliphatic heterocycles. The highest BCUT2D eigenvalue weighted by Gasteiger charge is 2.45. The summed E-state index contributed by atoms with van der Waals surface area (Å²) in [4.78, 5) is 2.29. The largest absolute Gasteiger partial charge is 0.378 e. The van der Waals surface area contributed by atoms with Gasteiger partial charge in [-0.1, -0.05) is 0 Å². The summed E-state index contributed by atoms with van der Waals surface area (Å²) < 4.78 is 36.2. The van der Waals surface area contributed by atoms with Gasteiger partial charge in [0.25, 0.3) is 0 Å². The Morgan fingerprint density at radius 3 is 2.65 bits per heavy atom. The lowest BCUT2D eigenvalue weighted by molar-refractivity contribution is -0.0619. The van der Waals surface area contributed by atoms with E-state index in [1.54, 1.807) is 7.05 Å². The number of hydrogen-bond donors (Lipinski definition) is 0. The highest BCUT2D eigenvalue weighted by molar-refractivity contribution is 7.89. The maximum absolute atomic E-state index is 11.9. The maximum atomic E-state index is 11.9. The minimum Gasteiger partial charge on any atom is -0.378 e. The summed E-state index contributed by atoms with van der Waals surface area (Å²) in [6.45, 7) is 3.40. The van der Waals surface area contributed by atoms with Crippen LogP contribution in [-0.4, -0.2) is 81.5 Å². The summed E-state index contributed by atoms with van der Waals surface area (Å²) >= 11 is 0. The van der Waals surface area contributed by atoms with E-state index >= 15 is 0 Å². The van der Waals surface area contributed by atoms with Crippen LogP contribution in [0.2, 0.25) is 0 Å². The second-order valence-corrected chi connectivity index (χ2v) is 7.10. The lowest BCUT2D eigenvalue weighted by atomic mass is 10.2. The lowest BCUT2D eigenvalue weighted by Gasteiger charge is -2.34. The number of sulfonamides is 1. The van der Waals surface area contributed by atoms with E-state index < -0.39 is 10.0 Å². The predicted octanol–water partition coefficient (Wildman–Crippen LogP) is -1.27. The van der Waals surface area contributed by atoms with E-state index in [4.69, 9.17) is 9.47 Å². The number of likely N-dealkylation sites (tertiary alicyclic amines) is 1. The van der Waals surface area contributed by atoms with Crippen LogP contribution in [0.1, 0.15) is 0 Å². The van der Waals surface area contributed by atoms with Gasteiger partial charge in [-0.3, -0.25) is 4.90 Å². The van der Waals surface area contributed by atoms with Crippen LogP contribution in [0.15, 0.2) is 0 Å². The van der Waals surface area contributed by atoms with Crippen molar-refractivity contribution in [3.63, 3.8) is 0 Å². The molecule has 0 N–H and O–H groups in total. The van der Waals surface area contributed by atoms with E-state index in [9.17, 15) is 8.42 Å². The quantitative estimate of drug-likeness (QED) is 0.590. The van der Waals surface area contributed by atoms with Crippen molar-refractivity contribution in [1.29, 1.82) is 0 Å². The van der Waals surface area contributed by atoms with Crippen molar-refractivity contribution in [2.75, 3.05) is 45.7 Å². The van der Waals surface area contributed by atoms with Crippen LogP contribution in [0.4, 0.5) is 0 Å². The maximum Gasteiger partial charge on any atom is 0.216 e. The summed E-state index contributed by atoms with van der Waals surface area (Å²) in [7, 11) is -1.47. The number of ether oxygens (including phenoxy) is 2. The monoisotopic (exact) mass is 262 g/mol. The Balaban J connectivity index is 1.76. The van der Waals surface area contributed by atoms with Crippen molar-refractivity contribution in [1.82, 2.24) is 9.21 Å². The van der Waals surface area contributed by atoms with Gasteiger partial charge in [-0.15, -0.1) is 0 Å². The summed E-state index contributed by atoms with van der Waals surface area (Å²) in [5.74, 6) is 0.100. The third kappa shape index (κ3) is 2.00. The number of rotatable bonds is 1. The fraction of sp³-hybridized carbons (Fsp3) is 1.00. The van der Waals surface area contributed by atoms with Gasteiger partial charge in [-0.25, -0.2) is 8.42 Å². The average molecular weight is 262 g/mol. The highest BCUT2D eigenvalue weighted by Crippen LogP contribution is 2.26. The zero-order chi connectivity index (χ0) is 12.0. The Hall–Kier alpha value is -0.210. The molecule has 0 aromatic heterocycles. The second-order valence-electron chi connectivity index (χ2n) is 4.95. The third-order valence-electron chi connectivity index (χ3n) is 3.98. The first-order valence-corrected chi connectivity index (χ1v) is 7.58. The van der Waals surface area contributed by atoms with Gasteiger partial charge in [0, 0.05) is 20.1 Å². The zero-order valence-electron chi connectivity index (χ0n) is 9.91. The highest BCUT2D eigenvalue weighted by atomic mass is 32.2. The van der Waals surface area contributed by atoms with Crippen LogP contribution in [-0.2, 0) is 19.5 Å². The van der Waals surface area contributed by atoms with Crippen LogP contribution < -0.4 is 0 Å². The summed E-state index contributed by atoms with van der Waals surface area (Å²) in [6, 6.07) is 0.407. The molecule has 0 spiro atoms. The lowest BCUT2D eigenvalue weighted by Crippen LogP contribution is -2.49. The molecule has 0 radical (unpaired) electrons. The molecule has 2 atom stereocenters. The molecular formula is C10H18N2O4S. The standard InChI is InChI=1S/C10H18N2O4S/c1-11-9-4-12(8-6-15-7-8)5-10(9)16-2-3-17(11,13)14/h8-10H,2-7H2,1H3/t9-,10+/m1/s1. The minimum atomic E-state index is -3.14. The number of hydrogen-bond acceptors (Lipinski definition) is 5. The molecule has 6 nitrogen and oxygen atoms in total. The molecule has 0 aliphatic carbocycles. The van der Waals surface area contributed by atoms with Gasteiger partial charge in [-0.2, -0.15) is 4.31 Å². The molecule has 3 rings (SSSR count). The molecule has 17 heavy (non-hydrogen) atoms. The molecule has 0 unspecified atom stereocenters. The van der Waals surface area contributed by atoms with E-state index in [0.29, 0.717) is 12.6 Å². The minimum absolute atomic E-state index is 0.0119. The summed E-state index contributed by atoms with van der Waals surface area (Å²) in [5.41, 5.74) is 0. The fourth-order valence-electron chi connectivity index (χ4n) is 2.69. The van der Waals surface area contributed by atoms with Crippen LogP contribution >= 0.6 is 0 Å². The smallest absolute Gasteiger partial charge is 0.216 e. The molecule has 0 bridgehead atoms. The number of fused-ring (bicyclic) bond motifs is 1. The summed E-state index contributed by atoms with van der Waals surface area (Å²) in [5, 5.41) is 0. The first-order valence-electron chi connectivity index (χ1n) is 5.97. The van der Waals surface area contributed by atoms with E-state index in [0.717, 1.165) is 26.3 Å². The van der Waals surface area contributed by atoms with Crippen LogP contribution in [0.25, 0.3) is 0 Å². The van der Waals surface area contributed by atoms with Gasteiger partial charge in [0.1, 0.15) is 0 Å². The van der Waals surface area contributed by atoms with Crippen LogP contribution in [0.3, 0.4) is 0 Å². The summed E-state index contributed by atoms with van der Waals surface area (Å²) in [6.07, 6.45) is 0.0119. The van der Waals surface area contributed by atoms with Crippen molar-refractivity contribution in [2.24, 2.45) is 0 Å². The van der Waals surface area contributed by atoms with Gasteiger partial charge in [0.05, 0.1) is 43.8 Å². The zero-order valence-corrected chi connectivity index (χ0v) is 10.7. The molecule has 7 heteroatoms. The molecule has 0 amide bonds. The molecule has 0 aromatic carbocycles. The van der Waals surface area contributed by atoms with Gasteiger partial charge < -0.3 is 9.47 Å². The van der Waals surface area contributed by atoms with Gasteiger partial charge in [0.2, 0.25) is 10.0 Å². The Morgan fingerprint density at radius 1 is 1.24 bits per heavy atom. The van der Waals surface area contributed by atoms with Crippen molar-refractivity contribution < 1.29 is 17.9 Å². The first-order chi connectivity index (χ1) is 8.08. The normalized spacial score (nSPS) is 39.6. The predicted molar refractivity (Wildman–Crippen MR) is 61.3 cm³/mol. The Kier molecular flexibility index (Phi) is 2.91. The average Bonchev–Trinajstić information content (AvgIpc) is 2.53. The van der Waals surface area contributed by atoms with Crippen LogP contribution in [0.5, 0.6) is 0 Å². The van der Waals surface area contributed by atoms with Crippen molar-refractivity contribution in [3.05, 3.63) is 0 Å². The van der Waals surface area contributed by atoms with Crippen LogP contribution in [0, 0.1) is 0 Å². The third-order valence-corrected chi connectivity index (χ3v) is 5.81. The van der Waals surface area contributed by atoms with Crippen molar-refractivity contribution in [2.45, 2.75) is 18.2 Å². The number of likely N-dealkylation sites (N-methyl/N-ethyl adjacent to an activating group) is 1. The van der Waals surface area contributed by atoms with E-state index in [1.165, 1.54) is 4.31 Å². The SMILES string of the molecule is CN1[C@@H]2CN(C3COC3)C[C@@H]2OCCS1(=O)=O. The Labute approximate surface area is 102 Å². The van der Waals surface area contributed by atoms with E-state index in [-0.39, 0.29) is 17.9 Å². The topological polar surface area (TPSA) is 59.1 Å². The molecule has 3 heterocycles. The van der Waals surface area contributed by atoms with E-state index in [1.807, 2.05) is 0 Å².